The molecule has 0 saturated heterocycles. The number of hydrogen-bond donors (Lipinski definition) is 1. The number of benzene rings is 2. The van der Waals surface area contributed by atoms with Crippen LogP contribution in [0.4, 0.5) is 5.13 Å². The van der Waals surface area contributed by atoms with Crippen molar-refractivity contribution >= 4 is 22.4 Å². The number of carbonyl (C=O) groups excluding carboxylic acids is 1. The smallest absolute Gasteiger partial charge is 0.230 e. The van der Waals surface area contributed by atoms with Gasteiger partial charge in [0.25, 0.3) is 0 Å². The molecule has 0 aliphatic rings. The predicted octanol–water partition coefficient (Wildman–Crippen LogP) is 3.69. The van der Waals surface area contributed by atoms with E-state index in [-0.39, 0.29) is 5.91 Å². The minimum absolute atomic E-state index is 0.0786. The first-order valence-corrected chi connectivity index (χ1v) is 7.77. The molecule has 0 fully saturated rings. The first-order valence-electron chi connectivity index (χ1n) is 6.95. The summed E-state index contributed by atoms with van der Waals surface area (Å²) < 4.78 is 0. The van der Waals surface area contributed by atoms with Crippen LogP contribution in [0, 0.1) is 6.92 Å². The Morgan fingerprint density at radius 1 is 1.05 bits per heavy atom. The minimum atomic E-state index is -0.0786. The van der Waals surface area contributed by atoms with Crippen LogP contribution in [0.1, 0.15) is 11.1 Å². The molecule has 4 nitrogen and oxygen atoms in total. The maximum Gasteiger partial charge on any atom is 0.230 e. The highest BCUT2D eigenvalue weighted by atomic mass is 32.1. The number of rotatable bonds is 4. The van der Waals surface area contributed by atoms with Gasteiger partial charge < -0.3 is 5.32 Å². The summed E-state index contributed by atoms with van der Waals surface area (Å²) in [6.07, 6.45) is 0.340. The maximum atomic E-state index is 12.1. The summed E-state index contributed by atoms with van der Waals surface area (Å²) in [7, 11) is 0. The molecule has 0 aliphatic heterocycles. The van der Waals surface area contributed by atoms with E-state index in [1.165, 1.54) is 11.3 Å². The van der Waals surface area contributed by atoms with E-state index in [9.17, 15) is 4.79 Å². The van der Waals surface area contributed by atoms with Crippen molar-refractivity contribution in [1.82, 2.24) is 10.2 Å². The summed E-state index contributed by atoms with van der Waals surface area (Å²) >= 11 is 1.37. The van der Waals surface area contributed by atoms with E-state index < -0.39 is 0 Å². The highest BCUT2D eigenvalue weighted by Crippen LogP contribution is 2.26. The van der Waals surface area contributed by atoms with E-state index in [4.69, 9.17) is 0 Å². The average Bonchev–Trinajstić information content (AvgIpc) is 2.99. The first kappa shape index (κ1) is 14.4. The van der Waals surface area contributed by atoms with E-state index in [1.54, 1.807) is 0 Å². The highest BCUT2D eigenvalue weighted by molar-refractivity contribution is 7.18. The van der Waals surface area contributed by atoms with Crippen LogP contribution in [0.15, 0.2) is 54.6 Å². The molecule has 0 aliphatic carbocycles. The maximum absolute atomic E-state index is 12.1. The van der Waals surface area contributed by atoms with Crippen molar-refractivity contribution in [2.75, 3.05) is 5.32 Å². The second-order valence-electron chi connectivity index (χ2n) is 4.93. The summed E-state index contributed by atoms with van der Waals surface area (Å²) in [6.45, 7) is 2.00. The van der Waals surface area contributed by atoms with Crippen molar-refractivity contribution in [2.45, 2.75) is 13.3 Å². The van der Waals surface area contributed by atoms with Crippen molar-refractivity contribution in [3.63, 3.8) is 0 Å². The number of anilines is 1. The highest BCUT2D eigenvalue weighted by Gasteiger charge is 2.10. The van der Waals surface area contributed by atoms with Gasteiger partial charge in [-0.1, -0.05) is 65.9 Å². The number of aryl methyl sites for hydroxylation is 1. The van der Waals surface area contributed by atoms with E-state index in [0.29, 0.717) is 11.6 Å². The van der Waals surface area contributed by atoms with Gasteiger partial charge in [-0.05, 0) is 18.1 Å². The zero-order valence-corrected chi connectivity index (χ0v) is 12.9. The molecule has 22 heavy (non-hydrogen) atoms. The van der Waals surface area contributed by atoms with Gasteiger partial charge in [-0.3, -0.25) is 4.79 Å². The van der Waals surface area contributed by atoms with Crippen molar-refractivity contribution in [3.8, 4) is 10.6 Å². The largest absolute Gasteiger partial charge is 0.300 e. The SMILES string of the molecule is Cc1ccccc1CC(=O)Nc1nnc(-c2ccccc2)s1. The normalized spacial score (nSPS) is 10.4. The average molecular weight is 309 g/mol. The molecule has 0 bridgehead atoms. The summed E-state index contributed by atoms with van der Waals surface area (Å²) in [5.74, 6) is -0.0786. The van der Waals surface area contributed by atoms with Crippen molar-refractivity contribution in [3.05, 3.63) is 65.7 Å². The second-order valence-corrected chi connectivity index (χ2v) is 5.91. The van der Waals surface area contributed by atoms with E-state index in [1.807, 2.05) is 61.5 Å². The number of carbonyl (C=O) groups is 1. The molecule has 0 radical (unpaired) electrons. The molecule has 1 N–H and O–H groups in total. The van der Waals surface area contributed by atoms with Crippen LogP contribution in [-0.4, -0.2) is 16.1 Å². The molecule has 0 atom stereocenters. The van der Waals surface area contributed by atoms with Crippen molar-refractivity contribution in [2.24, 2.45) is 0 Å². The molecule has 1 aromatic heterocycles. The summed E-state index contributed by atoms with van der Waals surface area (Å²) in [4.78, 5) is 12.1. The first-order chi connectivity index (χ1) is 10.7. The van der Waals surface area contributed by atoms with E-state index in [2.05, 4.69) is 15.5 Å². The Morgan fingerprint density at radius 3 is 2.55 bits per heavy atom. The Balaban J connectivity index is 1.68. The standard InChI is InChI=1S/C17H15N3OS/c1-12-7-5-6-10-14(12)11-15(21)18-17-20-19-16(22-17)13-8-3-2-4-9-13/h2-10H,11H2,1H3,(H,18,20,21). The third-order valence-electron chi connectivity index (χ3n) is 3.30. The van der Waals surface area contributed by atoms with Crippen LogP contribution in [0.25, 0.3) is 10.6 Å². The molecule has 0 saturated carbocycles. The molecule has 3 rings (SSSR count). The molecular weight excluding hydrogens is 294 g/mol. The molecular formula is C17H15N3OS. The van der Waals surface area contributed by atoms with Gasteiger partial charge >= 0.3 is 0 Å². The molecule has 0 spiro atoms. The fraction of sp³-hybridized carbons (Fsp3) is 0.118. The Kier molecular flexibility index (Phi) is 4.25. The minimum Gasteiger partial charge on any atom is -0.300 e. The van der Waals surface area contributed by atoms with E-state index in [0.717, 1.165) is 21.7 Å². The van der Waals surface area contributed by atoms with Crippen molar-refractivity contribution < 1.29 is 4.79 Å². The third kappa shape index (κ3) is 3.38. The van der Waals surface area contributed by atoms with Crippen LogP contribution in [0.3, 0.4) is 0 Å². The lowest BCUT2D eigenvalue weighted by atomic mass is 10.1. The number of amides is 1. The summed E-state index contributed by atoms with van der Waals surface area (Å²) in [5, 5.41) is 12.3. The van der Waals surface area contributed by atoms with Crippen LogP contribution in [-0.2, 0) is 11.2 Å². The number of hydrogen-bond acceptors (Lipinski definition) is 4. The zero-order chi connectivity index (χ0) is 15.4. The van der Waals surface area contributed by atoms with Gasteiger partial charge in [0.2, 0.25) is 11.0 Å². The van der Waals surface area contributed by atoms with Gasteiger partial charge in [0, 0.05) is 5.56 Å². The van der Waals surface area contributed by atoms with Gasteiger partial charge in [0.05, 0.1) is 6.42 Å². The topological polar surface area (TPSA) is 54.9 Å². The van der Waals surface area contributed by atoms with Crippen LogP contribution >= 0.6 is 11.3 Å². The Labute approximate surface area is 132 Å². The molecule has 5 heteroatoms. The Morgan fingerprint density at radius 2 is 1.77 bits per heavy atom. The Hall–Kier alpha value is -2.53. The predicted molar refractivity (Wildman–Crippen MR) is 88.9 cm³/mol. The van der Waals surface area contributed by atoms with Crippen LogP contribution in [0.2, 0.25) is 0 Å². The lowest BCUT2D eigenvalue weighted by Gasteiger charge is -2.04. The number of nitrogens with one attached hydrogen (secondary N) is 1. The fourth-order valence-electron chi connectivity index (χ4n) is 2.12. The lowest BCUT2D eigenvalue weighted by molar-refractivity contribution is -0.115. The van der Waals surface area contributed by atoms with E-state index >= 15 is 0 Å². The summed E-state index contributed by atoms with van der Waals surface area (Å²) in [6, 6.07) is 17.7. The fourth-order valence-corrected chi connectivity index (χ4v) is 2.88. The van der Waals surface area contributed by atoms with Gasteiger partial charge in [-0.15, -0.1) is 10.2 Å². The number of nitrogens with zero attached hydrogens (tertiary/aromatic N) is 2. The second kappa shape index (κ2) is 6.49. The molecule has 3 aromatic rings. The summed E-state index contributed by atoms with van der Waals surface area (Å²) in [5.41, 5.74) is 3.13. The monoisotopic (exact) mass is 309 g/mol. The lowest BCUT2D eigenvalue weighted by Crippen LogP contribution is -2.14. The quantitative estimate of drug-likeness (QED) is 0.799. The Bertz CT molecular complexity index is 783. The van der Waals surface area contributed by atoms with Crippen molar-refractivity contribution in [1.29, 1.82) is 0 Å². The molecule has 1 heterocycles. The van der Waals surface area contributed by atoms with Crippen LogP contribution in [0.5, 0.6) is 0 Å². The van der Waals surface area contributed by atoms with Gasteiger partial charge in [0.1, 0.15) is 5.01 Å². The molecule has 2 aromatic carbocycles. The third-order valence-corrected chi connectivity index (χ3v) is 4.19. The van der Waals surface area contributed by atoms with Gasteiger partial charge in [-0.2, -0.15) is 0 Å². The van der Waals surface area contributed by atoms with Crippen LogP contribution < -0.4 is 5.32 Å². The van der Waals surface area contributed by atoms with Gasteiger partial charge in [-0.25, -0.2) is 0 Å². The van der Waals surface area contributed by atoms with Gasteiger partial charge in [0.15, 0.2) is 0 Å². The number of aromatic nitrogens is 2. The zero-order valence-electron chi connectivity index (χ0n) is 12.1. The molecule has 110 valence electrons. The molecule has 1 amide bonds. The molecule has 0 unspecified atom stereocenters.